The number of ether oxygens (including phenoxy) is 1. The molecule has 0 saturated carbocycles. The lowest BCUT2D eigenvalue weighted by Gasteiger charge is -2.22. The molecular formula is C19H20F2N2O4S. The predicted molar refractivity (Wildman–Crippen MR) is 101 cm³/mol. The molecule has 2 amide bonds. The molecule has 0 bridgehead atoms. The van der Waals surface area contributed by atoms with Crippen molar-refractivity contribution in [3.8, 4) is 0 Å². The monoisotopic (exact) mass is 410 g/mol. The minimum atomic E-state index is -1.33. The molecule has 0 radical (unpaired) electrons. The van der Waals surface area contributed by atoms with Crippen LogP contribution in [-0.2, 0) is 14.3 Å². The molecule has 0 aliphatic heterocycles. The number of thiophene rings is 1. The Balaban J connectivity index is 2.01. The van der Waals surface area contributed by atoms with Crippen LogP contribution in [0.5, 0.6) is 0 Å². The van der Waals surface area contributed by atoms with E-state index in [9.17, 15) is 23.2 Å². The van der Waals surface area contributed by atoms with Gasteiger partial charge in [0.25, 0.3) is 11.8 Å². The molecule has 1 aromatic heterocycles. The fourth-order valence-corrected chi connectivity index (χ4v) is 2.89. The first kappa shape index (κ1) is 21.5. The van der Waals surface area contributed by atoms with Gasteiger partial charge >= 0.3 is 5.97 Å². The van der Waals surface area contributed by atoms with Crippen LogP contribution in [0, 0.1) is 17.6 Å². The lowest BCUT2D eigenvalue weighted by molar-refractivity contribution is -0.156. The zero-order chi connectivity index (χ0) is 20.8. The van der Waals surface area contributed by atoms with E-state index in [2.05, 4.69) is 10.6 Å². The number of para-hydroxylation sites is 1. The third kappa shape index (κ3) is 5.35. The average molecular weight is 410 g/mol. The van der Waals surface area contributed by atoms with Gasteiger partial charge in [0.2, 0.25) is 0 Å². The van der Waals surface area contributed by atoms with Crippen LogP contribution in [-0.4, -0.2) is 29.9 Å². The number of amides is 2. The van der Waals surface area contributed by atoms with Crippen LogP contribution in [0.15, 0.2) is 35.7 Å². The molecule has 9 heteroatoms. The van der Waals surface area contributed by atoms with E-state index < -0.39 is 47.3 Å². The summed E-state index contributed by atoms with van der Waals surface area (Å²) in [4.78, 5) is 37.2. The van der Waals surface area contributed by atoms with Gasteiger partial charge in [-0.3, -0.25) is 9.59 Å². The third-order valence-corrected chi connectivity index (χ3v) is 4.69. The lowest BCUT2D eigenvalue weighted by Crippen LogP contribution is -2.47. The van der Waals surface area contributed by atoms with E-state index in [1.807, 2.05) is 0 Å². The summed E-state index contributed by atoms with van der Waals surface area (Å²) in [6.45, 7) is 4.69. The van der Waals surface area contributed by atoms with Crippen molar-refractivity contribution < 1.29 is 27.9 Å². The average Bonchev–Trinajstić information content (AvgIpc) is 3.16. The molecule has 1 heterocycles. The molecule has 150 valence electrons. The Bertz CT molecular complexity index is 835. The minimum Gasteiger partial charge on any atom is -0.451 e. The first-order valence-corrected chi connectivity index (χ1v) is 9.38. The Kier molecular flexibility index (Phi) is 7.22. The molecule has 0 aliphatic carbocycles. The number of halogens is 2. The number of hydrogen-bond acceptors (Lipinski definition) is 5. The molecule has 2 rings (SSSR count). The summed E-state index contributed by atoms with van der Waals surface area (Å²) >= 11 is 1.22. The summed E-state index contributed by atoms with van der Waals surface area (Å²) in [5, 5.41) is 6.37. The molecule has 2 atom stereocenters. The Morgan fingerprint density at radius 2 is 1.68 bits per heavy atom. The van der Waals surface area contributed by atoms with E-state index in [1.54, 1.807) is 31.4 Å². The van der Waals surface area contributed by atoms with Gasteiger partial charge in [-0.05, 0) is 36.4 Å². The number of nitrogens with one attached hydrogen (secondary N) is 2. The fraction of sp³-hybridized carbons (Fsp3) is 0.316. The van der Waals surface area contributed by atoms with E-state index in [0.29, 0.717) is 4.88 Å². The largest absolute Gasteiger partial charge is 0.451 e. The molecule has 0 saturated heterocycles. The van der Waals surface area contributed by atoms with Gasteiger partial charge < -0.3 is 15.4 Å². The Morgan fingerprint density at radius 3 is 2.21 bits per heavy atom. The number of carbonyl (C=O) groups excluding carboxylic acids is 3. The number of carbonyl (C=O) groups is 3. The van der Waals surface area contributed by atoms with Gasteiger partial charge in [0, 0.05) is 0 Å². The minimum absolute atomic E-state index is 0.310. The topological polar surface area (TPSA) is 84.5 Å². The number of rotatable bonds is 7. The predicted octanol–water partition coefficient (Wildman–Crippen LogP) is 3.35. The van der Waals surface area contributed by atoms with E-state index in [1.165, 1.54) is 18.3 Å². The van der Waals surface area contributed by atoms with Gasteiger partial charge in [-0.2, -0.15) is 0 Å². The van der Waals surface area contributed by atoms with E-state index in [0.717, 1.165) is 18.2 Å². The van der Waals surface area contributed by atoms with Gasteiger partial charge in [-0.15, -0.1) is 11.3 Å². The van der Waals surface area contributed by atoms with Crippen LogP contribution in [0.4, 0.5) is 14.5 Å². The standard InChI is InChI=1S/C19H20F2N2O4S/c1-10(2)15(22-18(25)14-8-5-9-28-14)19(26)27-11(3)17(24)23-16-12(20)6-4-7-13(16)21/h4-11,15H,1-3H3,(H,22,25)(H,23,24)/t11-,15+/m1/s1. The Labute approximate surface area is 164 Å². The molecule has 2 aromatic rings. The summed E-state index contributed by atoms with van der Waals surface area (Å²) in [6.07, 6.45) is -1.33. The summed E-state index contributed by atoms with van der Waals surface area (Å²) in [5.74, 6) is -4.36. The van der Waals surface area contributed by atoms with Crippen molar-refractivity contribution in [2.75, 3.05) is 5.32 Å². The second-order valence-corrected chi connectivity index (χ2v) is 7.29. The molecule has 1 aromatic carbocycles. The fourth-order valence-electron chi connectivity index (χ4n) is 2.26. The van der Waals surface area contributed by atoms with Crippen LogP contribution in [0.3, 0.4) is 0 Å². The highest BCUT2D eigenvalue weighted by Crippen LogP contribution is 2.18. The molecule has 0 unspecified atom stereocenters. The highest BCUT2D eigenvalue weighted by molar-refractivity contribution is 7.12. The van der Waals surface area contributed by atoms with Gasteiger partial charge in [0.05, 0.1) is 4.88 Å². The summed E-state index contributed by atoms with van der Waals surface area (Å²) in [7, 11) is 0. The van der Waals surface area contributed by atoms with Crippen LogP contribution in [0.1, 0.15) is 30.4 Å². The number of esters is 1. The van der Waals surface area contributed by atoms with Gasteiger partial charge in [-0.1, -0.05) is 26.0 Å². The van der Waals surface area contributed by atoms with Crippen LogP contribution in [0.25, 0.3) is 0 Å². The van der Waals surface area contributed by atoms with Crippen molar-refractivity contribution in [2.24, 2.45) is 5.92 Å². The number of benzene rings is 1. The van der Waals surface area contributed by atoms with Crippen LogP contribution in [0.2, 0.25) is 0 Å². The van der Waals surface area contributed by atoms with Gasteiger partial charge in [0.1, 0.15) is 23.4 Å². The second kappa shape index (κ2) is 9.41. The van der Waals surface area contributed by atoms with E-state index in [4.69, 9.17) is 4.74 Å². The summed E-state index contributed by atoms with van der Waals surface area (Å²) < 4.78 is 32.4. The zero-order valence-electron chi connectivity index (χ0n) is 15.5. The molecule has 6 nitrogen and oxygen atoms in total. The molecule has 2 N–H and O–H groups in total. The van der Waals surface area contributed by atoms with Gasteiger partial charge in [-0.25, -0.2) is 13.6 Å². The number of hydrogen-bond donors (Lipinski definition) is 2. The van der Waals surface area contributed by atoms with E-state index in [-0.39, 0.29) is 5.92 Å². The molecule has 0 fully saturated rings. The molecular weight excluding hydrogens is 390 g/mol. The maximum Gasteiger partial charge on any atom is 0.329 e. The van der Waals surface area contributed by atoms with E-state index >= 15 is 0 Å². The van der Waals surface area contributed by atoms with Crippen molar-refractivity contribution in [3.63, 3.8) is 0 Å². The molecule has 28 heavy (non-hydrogen) atoms. The van der Waals surface area contributed by atoms with Crippen LogP contribution >= 0.6 is 11.3 Å². The lowest BCUT2D eigenvalue weighted by atomic mass is 10.0. The normalized spacial score (nSPS) is 12.9. The third-order valence-electron chi connectivity index (χ3n) is 3.83. The van der Waals surface area contributed by atoms with Crippen molar-refractivity contribution in [1.29, 1.82) is 0 Å². The maximum absolute atomic E-state index is 13.6. The maximum atomic E-state index is 13.6. The van der Waals surface area contributed by atoms with Gasteiger partial charge in [0.15, 0.2) is 6.10 Å². The summed E-state index contributed by atoms with van der Waals surface area (Å²) in [5.41, 5.74) is -0.623. The van der Waals surface area contributed by atoms with Crippen molar-refractivity contribution >= 4 is 34.8 Å². The quantitative estimate of drug-likeness (QED) is 0.686. The van der Waals surface area contributed by atoms with Crippen LogP contribution < -0.4 is 10.6 Å². The number of anilines is 1. The highest BCUT2D eigenvalue weighted by Gasteiger charge is 2.30. The Hall–Kier alpha value is -2.81. The van der Waals surface area contributed by atoms with Crippen molar-refractivity contribution in [1.82, 2.24) is 5.32 Å². The highest BCUT2D eigenvalue weighted by atomic mass is 32.1. The zero-order valence-corrected chi connectivity index (χ0v) is 16.3. The van der Waals surface area contributed by atoms with Crippen molar-refractivity contribution in [2.45, 2.75) is 32.9 Å². The second-order valence-electron chi connectivity index (χ2n) is 6.34. The SMILES string of the molecule is CC(C)[C@H](NC(=O)c1cccs1)C(=O)O[C@H](C)C(=O)Nc1c(F)cccc1F. The smallest absolute Gasteiger partial charge is 0.329 e. The molecule has 0 aliphatic rings. The first-order valence-electron chi connectivity index (χ1n) is 8.50. The molecule has 0 spiro atoms. The summed E-state index contributed by atoms with van der Waals surface area (Å²) in [6, 6.07) is 5.47. The Morgan fingerprint density at radius 1 is 1.04 bits per heavy atom. The van der Waals surface area contributed by atoms with Crippen molar-refractivity contribution in [3.05, 3.63) is 52.2 Å². The first-order chi connectivity index (χ1) is 13.2.